The van der Waals surface area contributed by atoms with Gasteiger partial charge in [0, 0.05) is 17.8 Å². The number of hydrogen-bond donors (Lipinski definition) is 1. The van der Waals surface area contributed by atoms with Gasteiger partial charge in [-0.25, -0.2) is 4.79 Å². The number of carbonyl (C=O) groups excluding carboxylic acids is 3. The van der Waals surface area contributed by atoms with Crippen LogP contribution in [0.1, 0.15) is 85.3 Å². The lowest BCUT2D eigenvalue weighted by Gasteiger charge is -2.43. The number of carbonyl (C=O) groups is 3. The van der Waals surface area contributed by atoms with Gasteiger partial charge < -0.3 is 10.1 Å². The maximum Gasteiger partial charge on any atom is 0.358 e. The number of esters is 1. The summed E-state index contributed by atoms with van der Waals surface area (Å²) < 4.78 is 6.54. The third-order valence-corrected chi connectivity index (χ3v) is 6.86. The first-order valence-electron chi connectivity index (χ1n) is 12.3. The largest absolute Gasteiger partial charge is 0.461 e. The van der Waals surface area contributed by atoms with E-state index in [1.54, 1.807) is 18.7 Å². The molecule has 2 aromatic rings. The number of nitrogens with one attached hydrogen (secondary N) is 1. The first kappa shape index (κ1) is 24.0. The molecule has 1 aromatic heterocycles. The second-order valence-corrected chi connectivity index (χ2v) is 9.56. The minimum atomic E-state index is -1.21. The van der Waals surface area contributed by atoms with Crippen molar-refractivity contribution in [2.75, 3.05) is 11.5 Å². The van der Waals surface area contributed by atoms with Gasteiger partial charge in [-0.05, 0) is 45.7 Å². The molecule has 34 heavy (non-hydrogen) atoms. The SMILES string of the molecule is CCOC(=O)c1cc2n(n1)CC(C)(C(=O)NC1CCCCCCC1)N(c1ccc(C)cc1)C2=O. The standard InChI is InChI=1S/C26H34N4O4/c1-4-34-24(32)21-16-22-23(31)30(20-14-12-18(2)13-15-20)26(3,17-29(22)28-21)25(33)27-19-10-8-6-5-7-9-11-19/h12-16,19H,4-11,17H2,1-3H3,(H,27,33). The normalized spacial score (nSPS) is 21.4. The molecule has 1 saturated carbocycles. The van der Waals surface area contributed by atoms with Crippen LogP contribution in [0, 0.1) is 6.92 Å². The van der Waals surface area contributed by atoms with E-state index >= 15 is 0 Å². The molecule has 182 valence electrons. The number of fused-ring (bicyclic) bond motifs is 1. The Morgan fingerprint density at radius 1 is 1.12 bits per heavy atom. The fourth-order valence-electron chi connectivity index (χ4n) is 4.93. The molecule has 4 rings (SSSR count). The van der Waals surface area contributed by atoms with Crippen molar-refractivity contribution in [1.82, 2.24) is 15.1 Å². The van der Waals surface area contributed by atoms with Crippen molar-refractivity contribution in [3.8, 4) is 0 Å². The quantitative estimate of drug-likeness (QED) is 0.672. The molecule has 2 amide bonds. The van der Waals surface area contributed by atoms with Crippen LogP contribution in [0.2, 0.25) is 0 Å². The Bertz CT molecular complexity index is 1050. The molecule has 1 aliphatic heterocycles. The third kappa shape index (κ3) is 4.72. The van der Waals surface area contributed by atoms with Crippen LogP contribution in [0.3, 0.4) is 0 Å². The Morgan fingerprint density at radius 3 is 2.41 bits per heavy atom. The van der Waals surface area contributed by atoms with Gasteiger partial charge in [0.2, 0.25) is 5.91 Å². The minimum Gasteiger partial charge on any atom is -0.461 e. The Hall–Kier alpha value is -3.16. The van der Waals surface area contributed by atoms with Gasteiger partial charge in [0.15, 0.2) is 5.69 Å². The van der Waals surface area contributed by atoms with Crippen molar-refractivity contribution in [3.05, 3.63) is 47.3 Å². The van der Waals surface area contributed by atoms with Crippen molar-refractivity contribution in [1.29, 1.82) is 0 Å². The van der Waals surface area contributed by atoms with Crippen molar-refractivity contribution in [2.45, 2.75) is 83.8 Å². The van der Waals surface area contributed by atoms with Crippen LogP contribution in [0.15, 0.2) is 30.3 Å². The van der Waals surface area contributed by atoms with E-state index in [1.807, 2.05) is 31.2 Å². The molecule has 8 nitrogen and oxygen atoms in total. The molecule has 1 aromatic carbocycles. The average molecular weight is 467 g/mol. The van der Waals surface area contributed by atoms with Crippen molar-refractivity contribution >= 4 is 23.5 Å². The van der Waals surface area contributed by atoms with Gasteiger partial charge >= 0.3 is 5.97 Å². The molecule has 2 aliphatic rings. The highest BCUT2D eigenvalue weighted by Crippen LogP contribution is 2.33. The van der Waals surface area contributed by atoms with Crippen molar-refractivity contribution in [3.63, 3.8) is 0 Å². The first-order chi connectivity index (χ1) is 16.3. The molecule has 0 radical (unpaired) electrons. The van der Waals surface area contributed by atoms with Crippen LogP contribution in [0.25, 0.3) is 0 Å². The Kier molecular flexibility index (Phi) is 7.05. The smallest absolute Gasteiger partial charge is 0.358 e. The predicted molar refractivity (Wildman–Crippen MR) is 129 cm³/mol. The lowest BCUT2D eigenvalue weighted by atomic mass is 9.91. The van der Waals surface area contributed by atoms with Crippen LogP contribution < -0.4 is 10.2 Å². The topological polar surface area (TPSA) is 93.5 Å². The van der Waals surface area contributed by atoms with Crippen LogP contribution in [-0.2, 0) is 16.1 Å². The molecule has 0 saturated heterocycles. The van der Waals surface area contributed by atoms with E-state index in [-0.39, 0.29) is 42.4 Å². The number of aromatic nitrogens is 2. The van der Waals surface area contributed by atoms with Gasteiger partial charge in [-0.3, -0.25) is 19.2 Å². The molecule has 1 fully saturated rings. The molecule has 1 N–H and O–H groups in total. The zero-order chi connectivity index (χ0) is 24.3. The number of ether oxygens (including phenoxy) is 1. The number of rotatable bonds is 5. The molecule has 1 unspecified atom stereocenters. The van der Waals surface area contributed by atoms with Crippen LogP contribution >= 0.6 is 0 Å². The third-order valence-electron chi connectivity index (χ3n) is 6.86. The van der Waals surface area contributed by atoms with Gasteiger partial charge in [0.05, 0.1) is 13.2 Å². The molecule has 2 heterocycles. The van der Waals surface area contributed by atoms with Gasteiger partial charge in [-0.1, -0.05) is 49.8 Å². The fraction of sp³-hybridized carbons (Fsp3) is 0.538. The van der Waals surface area contributed by atoms with Crippen LogP contribution in [0.4, 0.5) is 5.69 Å². The summed E-state index contributed by atoms with van der Waals surface area (Å²) >= 11 is 0. The Labute approximate surface area is 200 Å². The zero-order valence-electron chi connectivity index (χ0n) is 20.3. The van der Waals surface area contributed by atoms with E-state index < -0.39 is 11.5 Å². The summed E-state index contributed by atoms with van der Waals surface area (Å²) in [7, 11) is 0. The monoisotopic (exact) mass is 466 g/mol. The van der Waals surface area contributed by atoms with Gasteiger partial charge in [-0.15, -0.1) is 0 Å². The van der Waals surface area contributed by atoms with Gasteiger partial charge in [-0.2, -0.15) is 5.10 Å². The fourth-order valence-corrected chi connectivity index (χ4v) is 4.93. The summed E-state index contributed by atoms with van der Waals surface area (Å²) in [4.78, 5) is 41.4. The molecule has 1 aliphatic carbocycles. The molecule has 1 atom stereocenters. The second-order valence-electron chi connectivity index (χ2n) is 9.56. The lowest BCUT2D eigenvalue weighted by Crippen LogP contribution is -2.65. The average Bonchev–Trinajstić information content (AvgIpc) is 3.21. The molecule has 8 heteroatoms. The Morgan fingerprint density at radius 2 is 1.76 bits per heavy atom. The molecule has 0 bridgehead atoms. The van der Waals surface area contributed by atoms with Crippen LogP contribution in [0.5, 0.6) is 0 Å². The Balaban J connectivity index is 1.70. The molecular formula is C26H34N4O4. The van der Waals surface area contributed by atoms with E-state index in [0.29, 0.717) is 5.69 Å². The van der Waals surface area contributed by atoms with Gasteiger partial charge in [0.1, 0.15) is 11.2 Å². The molecule has 0 spiro atoms. The summed E-state index contributed by atoms with van der Waals surface area (Å²) in [5.74, 6) is -1.15. The minimum absolute atomic E-state index is 0.0683. The van der Waals surface area contributed by atoms with Crippen molar-refractivity contribution in [2.24, 2.45) is 0 Å². The maximum atomic E-state index is 13.8. The van der Waals surface area contributed by atoms with E-state index in [0.717, 1.165) is 31.2 Å². The van der Waals surface area contributed by atoms with E-state index in [4.69, 9.17) is 4.74 Å². The number of hydrogen-bond acceptors (Lipinski definition) is 5. The summed E-state index contributed by atoms with van der Waals surface area (Å²) in [6.07, 6.45) is 7.69. The maximum absolute atomic E-state index is 13.8. The summed E-state index contributed by atoms with van der Waals surface area (Å²) in [6, 6.07) is 9.10. The highest BCUT2D eigenvalue weighted by molar-refractivity contribution is 6.12. The first-order valence-corrected chi connectivity index (χ1v) is 12.3. The number of benzene rings is 1. The van der Waals surface area contributed by atoms with E-state index in [1.165, 1.54) is 30.0 Å². The lowest BCUT2D eigenvalue weighted by molar-refractivity contribution is -0.127. The number of nitrogens with zero attached hydrogens (tertiary/aromatic N) is 3. The number of amides is 2. The molecular weight excluding hydrogens is 432 g/mol. The van der Waals surface area contributed by atoms with Crippen molar-refractivity contribution < 1.29 is 19.1 Å². The highest BCUT2D eigenvalue weighted by Gasteiger charge is 2.49. The number of anilines is 1. The highest BCUT2D eigenvalue weighted by atomic mass is 16.5. The summed E-state index contributed by atoms with van der Waals surface area (Å²) in [5.41, 5.74) is 0.817. The van der Waals surface area contributed by atoms with Crippen LogP contribution in [-0.4, -0.2) is 45.8 Å². The van der Waals surface area contributed by atoms with E-state index in [9.17, 15) is 14.4 Å². The number of aryl methyl sites for hydroxylation is 1. The summed E-state index contributed by atoms with van der Waals surface area (Å²) in [6.45, 7) is 5.82. The predicted octanol–water partition coefficient (Wildman–Crippen LogP) is 4.02. The van der Waals surface area contributed by atoms with E-state index in [2.05, 4.69) is 10.4 Å². The van der Waals surface area contributed by atoms with Gasteiger partial charge in [0.25, 0.3) is 5.91 Å². The second kappa shape index (κ2) is 9.99. The summed E-state index contributed by atoms with van der Waals surface area (Å²) in [5, 5.41) is 7.57. The zero-order valence-corrected chi connectivity index (χ0v) is 20.3.